The molecule has 0 aromatic heterocycles. The second-order valence-electron chi connectivity index (χ2n) is 3.28. The minimum absolute atomic E-state index is 1.11. The summed E-state index contributed by atoms with van der Waals surface area (Å²) in [6.07, 6.45) is 16.3. The summed E-state index contributed by atoms with van der Waals surface area (Å²) in [7, 11) is 0. The van der Waals surface area contributed by atoms with E-state index in [0.29, 0.717) is 0 Å². The van der Waals surface area contributed by atoms with E-state index in [4.69, 9.17) is 0 Å². The van der Waals surface area contributed by atoms with Gasteiger partial charge in [0.05, 0.1) is 0 Å². The Kier molecular flexibility index (Phi) is 4.51. The third-order valence-electron chi connectivity index (χ3n) is 2.01. The van der Waals surface area contributed by atoms with Crippen LogP contribution in [-0.4, -0.2) is 0 Å². The van der Waals surface area contributed by atoms with E-state index >= 15 is 0 Å². The van der Waals surface area contributed by atoms with Crippen LogP contribution in [-0.2, 0) is 0 Å². The molecule has 0 amide bonds. The molecule has 0 saturated heterocycles. The Bertz CT molecular complexity index is 178. The van der Waals surface area contributed by atoms with Gasteiger partial charge in [0.15, 0.2) is 0 Å². The van der Waals surface area contributed by atoms with Gasteiger partial charge in [-0.3, -0.25) is 0 Å². The van der Waals surface area contributed by atoms with Crippen LogP contribution in [0.1, 0.15) is 38.5 Å². The van der Waals surface area contributed by atoms with Crippen molar-refractivity contribution in [3.8, 4) is 0 Å². The van der Waals surface area contributed by atoms with Gasteiger partial charge in [-0.15, -0.1) is 6.58 Å². The van der Waals surface area contributed by atoms with Crippen molar-refractivity contribution in [2.24, 2.45) is 0 Å². The molecular formula is C12H18. The van der Waals surface area contributed by atoms with Gasteiger partial charge >= 0.3 is 0 Å². The van der Waals surface area contributed by atoms with Crippen molar-refractivity contribution >= 4 is 0 Å². The van der Waals surface area contributed by atoms with E-state index in [-0.39, 0.29) is 0 Å². The van der Waals surface area contributed by atoms with Crippen LogP contribution in [0.3, 0.4) is 0 Å². The third kappa shape index (κ3) is 4.95. The lowest BCUT2D eigenvalue weighted by Gasteiger charge is -1.86. The van der Waals surface area contributed by atoms with Gasteiger partial charge in [0.2, 0.25) is 0 Å². The number of hydrogen-bond acceptors (Lipinski definition) is 0. The minimum Gasteiger partial charge on any atom is -0.103 e. The zero-order chi connectivity index (χ0) is 8.65. The molecule has 0 heterocycles. The maximum Gasteiger partial charge on any atom is -0.0283 e. The number of unbranched alkanes of at least 4 members (excludes halogenated alkanes) is 2. The van der Waals surface area contributed by atoms with Gasteiger partial charge < -0.3 is 0 Å². The Hall–Kier alpha value is -0.780. The Labute approximate surface area is 75.7 Å². The minimum atomic E-state index is 1.11. The summed E-state index contributed by atoms with van der Waals surface area (Å²) in [5.74, 6) is 0. The van der Waals surface area contributed by atoms with Crippen molar-refractivity contribution in [2.45, 2.75) is 38.5 Å². The quantitative estimate of drug-likeness (QED) is 0.409. The second-order valence-corrected chi connectivity index (χ2v) is 3.28. The molecule has 1 fully saturated rings. The van der Waals surface area contributed by atoms with E-state index in [1.165, 1.54) is 25.7 Å². The van der Waals surface area contributed by atoms with Crippen LogP contribution in [0.5, 0.6) is 0 Å². The smallest absolute Gasteiger partial charge is 0.0283 e. The van der Waals surface area contributed by atoms with E-state index in [1.54, 1.807) is 5.57 Å². The van der Waals surface area contributed by atoms with Crippen molar-refractivity contribution in [1.82, 2.24) is 0 Å². The predicted octanol–water partition coefficient (Wildman–Crippen LogP) is 4.01. The highest BCUT2D eigenvalue weighted by atomic mass is 14.1. The molecular weight excluding hydrogens is 144 g/mol. The summed E-state index contributed by atoms with van der Waals surface area (Å²) in [6.45, 7) is 3.68. The first kappa shape index (κ1) is 9.31. The summed E-state index contributed by atoms with van der Waals surface area (Å²) < 4.78 is 0. The molecule has 0 aliphatic heterocycles. The van der Waals surface area contributed by atoms with Gasteiger partial charge in [-0.05, 0) is 38.5 Å². The van der Waals surface area contributed by atoms with Gasteiger partial charge in [0.25, 0.3) is 0 Å². The number of allylic oxidation sites excluding steroid dienone is 5. The molecule has 0 unspecified atom stereocenters. The van der Waals surface area contributed by atoms with Crippen LogP contribution >= 0.6 is 0 Å². The first-order chi connectivity index (χ1) is 5.93. The largest absolute Gasteiger partial charge is 0.103 e. The maximum atomic E-state index is 3.68. The molecule has 0 nitrogen and oxygen atoms in total. The van der Waals surface area contributed by atoms with E-state index in [9.17, 15) is 0 Å². The van der Waals surface area contributed by atoms with Crippen LogP contribution in [0, 0.1) is 0 Å². The third-order valence-corrected chi connectivity index (χ3v) is 2.01. The van der Waals surface area contributed by atoms with E-state index in [2.05, 4.69) is 24.8 Å². The molecule has 0 radical (unpaired) electrons. The molecule has 1 saturated carbocycles. The fourth-order valence-corrected chi connectivity index (χ4v) is 1.11. The van der Waals surface area contributed by atoms with Crippen LogP contribution in [0.15, 0.2) is 36.5 Å². The predicted molar refractivity (Wildman–Crippen MR) is 55.1 cm³/mol. The zero-order valence-corrected chi connectivity index (χ0v) is 7.76. The molecule has 0 atom stereocenters. The van der Waals surface area contributed by atoms with Gasteiger partial charge in [-0.1, -0.05) is 29.9 Å². The Balaban J connectivity index is 1.89. The average molecular weight is 162 g/mol. The van der Waals surface area contributed by atoms with Crippen LogP contribution in [0.25, 0.3) is 0 Å². The molecule has 1 rings (SSSR count). The van der Waals surface area contributed by atoms with Crippen molar-refractivity contribution in [3.63, 3.8) is 0 Å². The Morgan fingerprint density at radius 2 is 1.67 bits per heavy atom. The number of hydrogen-bond donors (Lipinski definition) is 0. The lowest BCUT2D eigenvalue weighted by Crippen LogP contribution is -1.66. The molecule has 0 bridgehead atoms. The Morgan fingerprint density at radius 1 is 1.00 bits per heavy atom. The molecule has 0 N–H and O–H groups in total. The maximum absolute atomic E-state index is 3.68. The summed E-state index contributed by atoms with van der Waals surface area (Å²) >= 11 is 0. The summed E-state index contributed by atoms with van der Waals surface area (Å²) in [4.78, 5) is 0. The standard InChI is InChI=1S/C12H18/c1-2-3-4-5-6-7-8-9-12-10-11-12/h2,5-6,9H,1,3-4,7-8,10-11H2. The SMILES string of the molecule is C=CCCC=CCCC=C1CC1. The molecule has 66 valence electrons. The van der Waals surface area contributed by atoms with E-state index in [1.807, 2.05) is 6.08 Å². The van der Waals surface area contributed by atoms with Gasteiger partial charge in [0.1, 0.15) is 0 Å². The highest BCUT2D eigenvalue weighted by molar-refractivity contribution is 5.16. The van der Waals surface area contributed by atoms with Crippen LogP contribution in [0.4, 0.5) is 0 Å². The Morgan fingerprint density at radius 3 is 2.25 bits per heavy atom. The topological polar surface area (TPSA) is 0 Å². The highest BCUT2D eigenvalue weighted by Crippen LogP contribution is 2.28. The molecule has 0 aromatic rings. The lowest BCUT2D eigenvalue weighted by molar-refractivity contribution is 1.00. The molecule has 1 aliphatic carbocycles. The fraction of sp³-hybridized carbons (Fsp3) is 0.500. The fourth-order valence-electron chi connectivity index (χ4n) is 1.11. The van der Waals surface area contributed by atoms with Crippen molar-refractivity contribution < 1.29 is 0 Å². The normalized spacial score (nSPS) is 15.2. The molecule has 0 aromatic carbocycles. The van der Waals surface area contributed by atoms with E-state index < -0.39 is 0 Å². The molecule has 1 aliphatic rings. The van der Waals surface area contributed by atoms with Crippen molar-refractivity contribution in [2.75, 3.05) is 0 Å². The van der Waals surface area contributed by atoms with E-state index in [0.717, 1.165) is 12.8 Å². The first-order valence-corrected chi connectivity index (χ1v) is 4.87. The lowest BCUT2D eigenvalue weighted by atomic mass is 10.2. The first-order valence-electron chi connectivity index (χ1n) is 4.87. The van der Waals surface area contributed by atoms with Crippen molar-refractivity contribution in [1.29, 1.82) is 0 Å². The second kappa shape index (κ2) is 5.82. The van der Waals surface area contributed by atoms with Crippen LogP contribution < -0.4 is 0 Å². The van der Waals surface area contributed by atoms with Gasteiger partial charge in [-0.25, -0.2) is 0 Å². The van der Waals surface area contributed by atoms with Crippen molar-refractivity contribution in [3.05, 3.63) is 36.5 Å². The highest BCUT2D eigenvalue weighted by Gasteiger charge is 2.08. The van der Waals surface area contributed by atoms with Crippen LogP contribution in [0.2, 0.25) is 0 Å². The average Bonchev–Trinajstić information content (AvgIpc) is 2.87. The van der Waals surface area contributed by atoms with Gasteiger partial charge in [0, 0.05) is 0 Å². The summed E-state index contributed by atoms with van der Waals surface area (Å²) in [6, 6.07) is 0. The molecule has 0 spiro atoms. The summed E-state index contributed by atoms with van der Waals surface area (Å²) in [5, 5.41) is 0. The monoisotopic (exact) mass is 162 g/mol. The number of rotatable bonds is 6. The molecule has 0 heteroatoms. The molecule has 12 heavy (non-hydrogen) atoms. The zero-order valence-electron chi connectivity index (χ0n) is 7.76. The summed E-state index contributed by atoms with van der Waals surface area (Å²) in [5.41, 5.74) is 1.66. The van der Waals surface area contributed by atoms with Gasteiger partial charge in [-0.2, -0.15) is 0 Å².